The molecule has 0 radical (unpaired) electrons. The van der Waals surface area contributed by atoms with Crippen LogP contribution in [-0.2, 0) is 25.2 Å². The SMILES string of the molecule is CCOP(O)(=CSC)SCCNC(=O)CCC(=O)NCCNc1cccc2c(S(=O)O)cccc12. The van der Waals surface area contributed by atoms with Gasteiger partial charge in [0.1, 0.15) is 0 Å². The van der Waals surface area contributed by atoms with Crippen molar-refractivity contribution in [3.05, 3.63) is 36.4 Å². The molecule has 2 aromatic carbocycles. The number of rotatable bonds is 15. The molecule has 0 aliphatic heterocycles. The first kappa shape index (κ1) is 29.7. The van der Waals surface area contributed by atoms with Crippen LogP contribution in [-0.4, -0.2) is 68.8 Å². The van der Waals surface area contributed by atoms with Crippen LogP contribution in [0.1, 0.15) is 19.8 Å². The van der Waals surface area contributed by atoms with E-state index in [2.05, 4.69) is 16.0 Å². The molecule has 2 unspecified atom stereocenters. The van der Waals surface area contributed by atoms with E-state index in [0.717, 1.165) is 11.1 Å². The van der Waals surface area contributed by atoms with Gasteiger partial charge >= 0.3 is 0 Å². The van der Waals surface area contributed by atoms with Crippen molar-refractivity contribution in [1.29, 1.82) is 0 Å². The number of thioether (sulfide) groups is 1. The minimum absolute atomic E-state index is 0.0784. The van der Waals surface area contributed by atoms with Crippen molar-refractivity contribution in [3.8, 4) is 0 Å². The van der Waals surface area contributed by atoms with Gasteiger partial charge < -0.3 is 29.9 Å². The summed E-state index contributed by atoms with van der Waals surface area (Å²) in [5, 5.41) is 12.0. The lowest BCUT2D eigenvalue weighted by Crippen LogP contribution is -2.31. The Morgan fingerprint density at radius 3 is 2.37 bits per heavy atom. The maximum Gasteiger partial charge on any atom is 0.220 e. The number of fused-ring (bicyclic) bond motifs is 1. The van der Waals surface area contributed by atoms with Gasteiger partial charge in [0.25, 0.3) is 0 Å². The molecule has 0 heterocycles. The fraction of sp³-hybridized carbons (Fsp3) is 0.409. The van der Waals surface area contributed by atoms with E-state index in [1.165, 1.54) is 23.1 Å². The van der Waals surface area contributed by atoms with E-state index < -0.39 is 17.6 Å². The smallest absolute Gasteiger partial charge is 0.220 e. The van der Waals surface area contributed by atoms with E-state index in [0.29, 0.717) is 42.3 Å². The highest BCUT2D eigenvalue weighted by Gasteiger charge is 2.14. The second-order valence-electron chi connectivity index (χ2n) is 7.19. The molecule has 2 aromatic rings. The molecule has 0 aromatic heterocycles. The number of nitrogens with one attached hydrogen (secondary N) is 3. The molecule has 194 valence electrons. The number of carbonyl (C=O) groups is 2. The highest BCUT2D eigenvalue weighted by atomic mass is 32.7. The topological polar surface area (TPSA) is 137 Å². The van der Waals surface area contributed by atoms with Crippen LogP contribution in [0.5, 0.6) is 0 Å². The molecule has 2 atom stereocenters. The van der Waals surface area contributed by atoms with Gasteiger partial charge in [-0.2, -0.15) is 0 Å². The van der Waals surface area contributed by atoms with Gasteiger partial charge in [0.15, 0.2) is 17.6 Å². The van der Waals surface area contributed by atoms with Crippen LogP contribution in [0.15, 0.2) is 41.3 Å². The van der Waals surface area contributed by atoms with E-state index in [-0.39, 0.29) is 24.7 Å². The molecule has 5 N–H and O–H groups in total. The lowest BCUT2D eigenvalue weighted by atomic mass is 10.1. The molecule has 2 rings (SSSR count). The van der Waals surface area contributed by atoms with Crippen LogP contribution >= 0.6 is 29.7 Å². The van der Waals surface area contributed by atoms with Gasteiger partial charge in [-0.1, -0.05) is 35.6 Å². The molecule has 0 saturated heterocycles. The zero-order chi connectivity index (χ0) is 25.7. The van der Waals surface area contributed by atoms with Crippen LogP contribution in [0.3, 0.4) is 0 Å². The fourth-order valence-electron chi connectivity index (χ4n) is 3.17. The number of carbonyl (C=O) groups excluding carboxylic acids is 2. The summed E-state index contributed by atoms with van der Waals surface area (Å²) in [6.45, 7) is 0.832. The summed E-state index contributed by atoms with van der Waals surface area (Å²) in [7, 11) is 0. The summed E-state index contributed by atoms with van der Waals surface area (Å²) in [6, 6.07) is 10.7. The summed E-state index contributed by atoms with van der Waals surface area (Å²) in [5.41, 5.74) is 0.801. The van der Waals surface area contributed by atoms with E-state index in [1.807, 2.05) is 25.3 Å². The van der Waals surface area contributed by atoms with Crippen LogP contribution < -0.4 is 16.0 Å². The summed E-state index contributed by atoms with van der Waals surface area (Å²) < 4.78 is 26.4. The highest BCUT2D eigenvalue weighted by Crippen LogP contribution is 2.57. The quantitative estimate of drug-likeness (QED) is 0.126. The molecule has 13 heteroatoms. The van der Waals surface area contributed by atoms with Crippen molar-refractivity contribution >= 4 is 74.2 Å². The van der Waals surface area contributed by atoms with Crippen LogP contribution in [0, 0.1) is 0 Å². The van der Waals surface area contributed by atoms with E-state index in [1.54, 1.807) is 29.4 Å². The standard InChI is InChI=1S/C22H32N3O6PS3/c1-3-31-32(28,16-33-2)34-15-14-25-22(27)11-10-21(26)24-13-12-23-19-8-4-7-18-17(19)6-5-9-20(18)35(29)30/h4-9,16,23,28H,3,10-15H2,1-2H3,(H,24,26)(H,25,27)(H,29,30). The molecule has 0 bridgehead atoms. The Morgan fingerprint density at radius 2 is 1.71 bits per heavy atom. The first-order valence-electron chi connectivity index (χ1n) is 11.0. The monoisotopic (exact) mass is 561 g/mol. The number of hydrogen-bond acceptors (Lipinski definition) is 8. The summed E-state index contributed by atoms with van der Waals surface area (Å²) in [5.74, 6) is 0.0618. The largest absolute Gasteiger partial charge is 0.383 e. The lowest BCUT2D eigenvalue weighted by Gasteiger charge is -2.17. The van der Waals surface area contributed by atoms with Gasteiger partial charge in [0.2, 0.25) is 11.8 Å². The Hall–Kier alpha value is -1.53. The molecule has 0 aliphatic carbocycles. The van der Waals surface area contributed by atoms with Crippen LogP contribution in [0.25, 0.3) is 10.8 Å². The molecular weight excluding hydrogens is 529 g/mol. The van der Waals surface area contributed by atoms with Gasteiger partial charge in [-0.05, 0) is 25.3 Å². The number of amides is 2. The van der Waals surface area contributed by atoms with Crippen molar-refractivity contribution in [2.24, 2.45) is 0 Å². The third kappa shape index (κ3) is 10.2. The Labute approximate surface area is 216 Å². The van der Waals surface area contributed by atoms with Crippen LogP contribution in [0.4, 0.5) is 5.69 Å². The first-order chi connectivity index (χ1) is 16.8. The summed E-state index contributed by atoms with van der Waals surface area (Å²) in [6.07, 6.45) is 2.01. The Bertz CT molecular complexity index is 1090. The summed E-state index contributed by atoms with van der Waals surface area (Å²) in [4.78, 5) is 34.8. The second kappa shape index (κ2) is 15.6. The molecule has 0 fully saturated rings. The fourth-order valence-corrected chi connectivity index (χ4v) is 9.11. The zero-order valence-corrected chi connectivity index (χ0v) is 23.0. The number of anilines is 1. The van der Waals surface area contributed by atoms with Gasteiger partial charge in [-0.25, -0.2) is 4.21 Å². The maximum atomic E-state index is 12.1. The molecule has 2 amide bonds. The third-order valence-corrected chi connectivity index (χ3v) is 11.4. The van der Waals surface area contributed by atoms with Crippen LogP contribution in [0.2, 0.25) is 0 Å². The first-order valence-corrected chi connectivity index (χ1v) is 16.7. The predicted octanol–water partition coefficient (Wildman–Crippen LogP) is 3.49. The van der Waals surface area contributed by atoms with Crippen molar-refractivity contribution in [1.82, 2.24) is 10.6 Å². The molecule has 35 heavy (non-hydrogen) atoms. The van der Waals surface area contributed by atoms with Crippen molar-refractivity contribution in [3.63, 3.8) is 0 Å². The Morgan fingerprint density at radius 1 is 1.06 bits per heavy atom. The average Bonchev–Trinajstić information content (AvgIpc) is 2.83. The minimum Gasteiger partial charge on any atom is -0.383 e. The highest BCUT2D eigenvalue weighted by molar-refractivity contribution is 8.60. The molecule has 0 saturated carbocycles. The predicted molar refractivity (Wildman–Crippen MR) is 150 cm³/mol. The molecule has 9 nitrogen and oxygen atoms in total. The number of hydrogen-bond donors (Lipinski definition) is 5. The molecular formula is C22H32N3O6PS3. The third-order valence-electron chi connectivity index (χ3n) is 4.67. The lowest BCUT2D eigenvalue weighted by molar-refractivity contribution is -0.126. The van der Waals surface area contributed by atoms with Crippen molar-refractivity contribution in [2.45, 2.75) is 24.7 Å². The van der Waals surface area contributed by atoms with Gasteiger partial charge in [-0.15, -0.1) is 11.8 Å². The molecule has 0 spiro atoms. The van der Waals surface area contributed by atoms with E-state index in [4.69, 9.17) is 4.52 Å². The second-order valence-corrected chi connectivity index (χ2v) is 13.8. The Kier molecular flexibility index (Phi) is 13.2. The zero-order valence-electron chi connectivity index (χ0n) is 19.7. The van der Waals surface area contributed by atoms with E-state index in [9.17, 15) is 23.2 Å². The Balaban J connectivity index is 1.67. The van der Waals surface area contributed by atoms with Gasteiger partial charge in [0, 0.05) is 59.8 Å². The normalized spacial score (nSPS) is 13.6. The van der Waals surface area contributed by atoms with Crippen molar-refractivity contribution < 1.29 is 27.8 Å². The number of benzene rings is 2. The minimum atomic E-state index is -2.61. The van der Waals surface area contributed by atoms with Crippen molar-refractivity contribution in [2.75, 3.05) is 43.6 Å². The maximum absolute atomic E-state index is 12.1. The average molecular weight is 562 g/mol. The van der Waals surface area contributed by atoms with E-state index >= 15 is 0 Å². The van der Waals surface area contributed by atoms with Gasteiger partial charge in [-0.3, -0.25) is 9.59 Å². The van der Waals surface area contributed by atoms with Gasteiger partial charge in [0.05, 0.1) is 11.5 Å². The molecule has 0 aliphatic rings. The summed E-state index contributed by atoms with van der Waals surface area (Å²) >= 11 is 0.621.